The van der Waals surface area contributed by atoms with Gasteiger partial charge < -0.3 is 4.74 Å². The van der Waals surface area contributed by atoms with Gasteiger partial charge in [-0.25, -0.2) is 8.42 Å². The minimum Gasteiger partial charge on any atom is -0.469 e. The molecular formula is C15H16BrNO4S2. The molecule has 0 radical (unpaired) electrons. The molecule has 2 rings (SSSR count). The number of ether oxygens (including phenoxy) is 1. The second-order valence-corrected chi connectivity index (χ2v) is 9.34. The van der Waals surface area contributed by atoms with Crippen molar-refractivity contribution in [1.29, 1.82) is 0 Å². The van der Waals surface area contributed by atoms with Crippen molar-refractivity contribution in [3.8, 4) is 0 Å². The van der Waals surface area contributed by atoms with Crippen LogP contribution in [0.25, 0.3) is 0 Å². The molecule has 1 aromatic heterocycles. The summed E-state index contributed by atoms with van der Waals surface area (Å²) in [6.07, 6.45) is 0.00904. The number of benzene rings is 1. The lowest BCUT2D eigenvalue weighted by molar-refractivity contribution is -0.140. The van der Waals surface area contributed by atoms with Crippen LogP contribution in [0.1, 0.15) is 12.0 Å². The van der Waals surface area contributed by atoms with Crippen molar-refractivity contribution >= 4 is 43.3 Å². The molecule has 0 saturated carbocycles. The topological polar surface area (TPSA) is 63.7 Å². The Bertz CT molecular complexity index is 759. The molecule has 0 unspecified atom stereocenters. The van der Waals surface area contributed by atoms with E-state index in [0.717, 1.165) is 20.7 Å². The Kier molecular flexibility index (Phi) is 6.34. The van der Waals surface area contributed by atoms with E-state index >= 15 is 0 Å². The molecule has 0 saturated heterocycles. The maximum absolute atomic E-state index is 12.8. The Labute approximate surface area is 148 Å². The first kappa shape index (κ1) is 18.1. The number of thiophene rings is 1. The molecule has 2 aromatic rings. The maximum Gasteiger partial charge on any atom is 0.306 e. The number of carbonyl (C=O) groups is 1. The van der Waals surface area contributed by atoms with Gasteiger partial charge in [-0.15, -0.1) is 11.3 Å². The van der Waals surface area contributed by atoms with Gasteiger partial charge in [0.15, 0.2) is 0 Å². The smallest absolute Gasteiger partial charge is 0.306 e. The summed E-state index contributed by atoms with van der Waals surface area (Å²) in [5, 5.41) is 0. The number of rotatable bonds is 7. The highest BCUT2D eigenvalue weighted by Gasteiger charge is 2.26. The first-order valence-electron chi connectivity index (χ1n) is 6.79. The summed E-state index contributed by atoms with van der Waals surface area (Å²) < 4.78 is 32.5. The lowest BCUT2D eigenvalue weighted by atomic mass is 10.2. The number of esters is 1. The lowest BCUT2D eigenvalue weighted by Gasteiger charge is -2.21. The van der Waals surface area contributed by atoms with Gasteiger partial charge in [-0.2, -0.15) is 4.31 Å². The summed E-state index contributed by atoms with van der Waals surface area (Å²) in [6.45, 7) is 0.273. The lowest BCUT2D eigenvalue weighted by Crippen LogP contribution is -2.32. The van der Waals surface area contributed by atoms with E-state index in [9.17, 15) is 13.2 Å². The predicted molar refractivity (Wildman–Crippen MR) is 92.7 cm³/mol. The van der Waals surface area contributed by atoms with Crippen molar-refractivity contribution in [3.05, 3.63) is 51.8 Å². The van der Waals surface area contributed by atoms with Gasteiger partial charge in [-0.3, -0.25) is 4.79 Å². The van der Waals surface area contributed by atoms with Crippen LogP contribution in [0.15, 0.2) is 50.5 Å². The van der Waals surface area contributed by atoms with Crippen molar-refractivity contribution < 1.29 is 17.9 Å². The normalized spacial score (nSPS) is 11.6. The van der Waals surface area contributed by atoms with E-state index < -0.39 is 16.0 Å². The van der Waals surface area contributed by atoms with Crippen LogP contribution in [-0.2, 0) is 26.1 Å². The fourth-order valence-electron chi connectivity index (χ4n) is 1.95. The van der Waals surface area contributed by atoms with Gasteiger partial charge in [0.05, 0.1) is 17.3 Å². The van der Waals surface area contributed by atoms with Gasteiger partial charge in [0.1, 0.15) is 4.21 Å². The number of halogens is 1. The molecule has 0 spiro atoms. The zero-order valence-corrected chi connectivity index (χ0v) is 15.7. The monoisotopic (exact) mass is 417 g/mol. The van der Waals surface area contributed by atoms with Gasteiger partial charge in [0.25, 0.3) is 10.0 Å². The average molecular weight is 418 g/mol. The van der Waals surface area contributed by atoms with E-state index in [2.05, 4.69) is 20.7 Å². The summed E-state index contributed by atoms with van der Waals surface area (Å²) in [7, 11) is -2.38. The number of carbonyl (C=O) groups excluding carboxylic acids is 1. The molecule has 0 amide bonds. The Balaban J connectivity index is 2.26. The first-order valence-corrected chi connectivity index (χ1v) is 9.84. The summed E-state index contributed by atoms with van der Waals surface area (Å²) >= 11 is 4.42. The molecule has 0 atom stereocenters. The third-order valence-corrected chi connectivity index (χ3v) is 7.07. The van der Waals surface area contributed by atoms with E-state index in [1.165, 1.54) is 11.4 Å². The number of nitrogens with zero attached hydrogens (tertiary/aromatic N) is 1. The van der Waals surface area contributed by atoms with Gasteiger partial charge in [-0.05, 0) is 33.6 Å². The molecule has 0 fully saturated rings. The van der Waals surface area contributed by atoms with Crippen molar-refractivity contribution in [2.75, 3.05) is 13.7 Å². The highest BCUT2D eigenvalue weighted by Crippen LogP contribution is 2.29. The second kappa shape index (κ2) is 8.05. The van der Waals surface area contributed by atoms with Crippen LogP contribution in [0.4, 0.5) is 0 Å². The Hall–Kier alpha value is -1.22. The first-order chi connectivity index (χ1) is 10.9. The summed E-state index contributed by atoms with van der Waals surface area (Å²) in [6, 6.07) is 12.5. The molecule has 1 aromatic carbocycles. The number of hydrogen-bond acceptors (Lipinski definition) is 5. The molecule has 0 bridgehead atoms. The summed E-state index contributed by atoms with van der Waals surface area (Å²) in [4.78, 5) is 11.4. The van der Waals surface area contributed by atoms with Crippen LogP contribution in [0, 0.1) is 0 Å². The second-order valence-electron chi connectivity index (χ2n) is 4.71. The van der Waals surface area contributed by atoms with Gasteiger partial charge >= 0.3 is 5.97 Å². The zero-order valence-electron chi connectivity index (χ0n) is 12.4. The molecular weight excluding hydrogens is 402 g/mol. The van der Waals surface area contributed by atoms with Crippen molar-refractivity contribution in [2.45, 2.75) is 17.2 Å². The van der Waals surface area contributed by atoms with Crippen LogP contribution in [0.3, 0.4) is 0 Å². The van der Waals surface area contributed by atoms with Crippen LogP contribution >= 0.6 is 27.3 Å². The number of hydrogen-bond donors (Lipinski definition) is 0. The minimum absolute atomic E-state index is 0.00904. The largest absolute Gasteiger partial charge is 0.469 e. The molecule has 8 heteroatoms. The summed E-state index contributed by atoms with van der Waals surface area (Å²) in [5.41, 5.74) is 0.858. The van der Waals surface area contributed by atoms with E-state index in [1.54, 1.807) is 12.1 Å². The SMILES string of the molecule is COC(=O)CCN(Cc1ccccc1)S(=O)(=O)c1ccc(Br)s1. The molecule has 1 heterocycles. The van der Waals surface area contributed by atoms with E-state index in [4.69, 9.17) is 0 Å². The fraction of sp³-hybridized carbons (Fsp3) is 0.267. The Morgan fingerprint density at radius 3 is 2.48 bits per heavy atom. The third kappa shape index (κ3) is 4.87. The van der Waals surface area contributed by atoms with E-state index in [0.29, 0.717) is 0 Å². The van der Waals surface area contributed by atoms with Crippen LogP contribution in [-0.4, -0.2) is 32.3 Å². The van der Waals surface area contributed by atoms with Crippen LogP contribution < -0.4 is 0 Å². The minimum atomic E-state index is -3.67. The van der Waals surface area contributed by atoms with Crippen molar-refractivity contribution in [1.82, 2.24) is 4.31 Å². The quantitative estimate of drug-likeness (QED) is 0.648. The highest BCUT2D eigenvalue weighted by molar-refractivity contribution is 9.11. The van der Waals surface area contributed by atoms with E-state index in [1.807, 2.05) is 30.3 Å². The molecule has 23 heavy (non-hydrogen) atoms. The Morgan fingerprint density at radius 1 is 1.22 bits per heavy atom. The molecule has 0 aliphatic carbocycles. The third-order valence-electron chi connectivity index (χ3n) is 3.14. The fourth-order valence-corrected chi connectivity index (χ4v) is 5.55. The Morgan fingerprint density at radius 2 is 1.91 bits per heavy atom. The summed E-state index contributed by atoms with van der Waals surface area (Å²) in [5.74, 6) is -0.439. The van der Waals surface area contributed by atoms with Crippen molar-refractivity contribution in [2.24, 2.45) is 0 Å². The average Bonchev–Trinajstić information content (AvgIpc) is 2.99. The predicted octanol–water partition coefficient (Wildman–Crippen LogP) is 3.26. The standard InChI is InChI=1S/C15H16BrNO4S2/c1-21-14(18)9-10-17(11-12-5-3-2-4-6-12)23(19,20)15-8-7-13(16)22-15/h2-8H,9-11H2,1H3. The van der Waals surface area contributed by atoms with Crippen LogP contribution in [0.5, 0.6) is 0 Å². The van der Waals surface area contributed by atoms with Gasteiger partial charge in [-0.1, -0.05) is 30.3 Å². The van der Waals surface area contributed by atoms with E-state index in [-0.39, 0.29) is 23.7 Å². The number of methoxy groups -OCH3 is 1. The van der Waals surface area contributed by atoms with Gasteiger partial charge in [0, 0.05) is 13.1 Å². The molecule has 0 aliphatic heterocycles. The number of sulfonamides is 1. The van der Waals surface area contributed by atoms with Gasteiger partial charge in [0.2, 0.25) is 0 Å². The molecule has 5 nitrogen and oxygen atoms in total. The maximum atomic E-state index is 12.8. The van der Waals surface area contributed by atoms with Crippen LogP contribution in [0.2, 0.25) is 0 Å². The molecule has 124 valence electrons. The highest BCUT2D eigenvalue weighted by atomic mass is 79.9. The molecule has 0 N–H and O–H groups in total. The zero-order chi connectivity index (χ0) is 16.9. The van der Waals surface area contributed by atoms with Crippen molar-refractivity contribution in [3.63, 3.8) is 0 Å². The molecule has 0 aliphatic rings.